The van der Waals surface area contributed by atoms with Crippen molar-refractivity contribution in [2.75, 3.05) is 17.4 Å². The molecule has 3 rings (SSSR count). The monoisotopic (exact) mass is 331 g/mol. The van der Waals surface area contributed by atoms with Gasteiger partial charge in [0.15, 0.2) is 0 Å². The van der Waals surface area contributed by atoms with Gasteiger partial charge in [0.25, 0.3) is 0 Å². The van der Waals surface area contributed by atoms with Crippen LogP contribution >= 0.6 is 0 Å². The first-order chi connectivity index (χ1) is 10.9. The summed E-state index contributed by atoms with van der Waals surface area (Å²) in [4.78, 5) is 0. The van der Waals surface area contributed by atoms with Gasteiger partial charge in [0.2, 0.25) is 0 Å². The second-order valence-corrected chi connectivity index (χ2v) is 7.34. The molecule has 7 nitrogen and oxygen atoms in total. The summed E-state index contributed by atoms with van der Waals surface area (Å²) in [6.45, 7) is 2.97. The molecule has 0 aliphatic carbocycles. The molecule has 1 aliphatic heterocycles. The van der Waals surface area contributed by atoms with Crippen LogP contribution in [0.25, 0.3) is 0 Å². The average Bonchev–Trinajstić information content (AvgIpc) is 3.03. The van der Waals surface area contributed by atoms with Gasteiger partial charge < -0.3 is 0 Å². The number of nitrogens with zero attached hydrogens (tertiary/aromatic N) is 5. The largest absolute Gasteiger partial charge is 0.305 e. The van der Waals surface area contributed by atoms with Crippen molar-refractivity contribution in [3.63, 3.8) is 0 Å². The fraction of sp³-hybridized carbons (Fsp3) is 0.333. The van der Waals surface area contributed by atoms with Crippen LogP contribution in [0.4, 0.5) is 5.82 Å². The van der Waals surface area contributed by atoms with Gasteiger partial charge in [0.1, 0.15) is 5.82 Å². The smallest absolute Gasteiger partial charge is 0.252 e. The molecule has 0 spiro atoms. The number of benzene rings is 1. The van der Waals surface area contributed by atoms with Crippen molar-refractivity contribution in [2.24, 2.45) is 7.05 Å². The summed E-state index contributed by atoms with van der Waals surface area (Å²) in [6.07, 6.45) is 1.58. The van der Waals surface area contributed by atoms with E-state index in [-0.39, 0.29) is 0 Å². The topological polar surface area (TPSA) is 82.2 Å². The van der Waals surface area contributed by atoms with Crippen LogP contribution in [0.5, 0.6) is 0 Å². The maximum atomic E-state index is 12.7. The van der Waals surface area contributed by atoms with E-state index < -0.39 is 10.2 Å². The molecular weight excluding hydrogens is 314 g/mol. The normalized spacial score (nSPS) is 17.3. The molecule has 23 heavy (non-hydrogen) atoms. The van der Waals surface area contributed by atoms with Gasteiger partial charge in [-0.3, -0.25) is 4.68 Å². The van der Waals surface area contributed by atoms with Crippen molar-refractivity contribution in [1.82, 2.24) is 14.1 Å². The lowest BCUT2D eigenvalue weighted by Gasteiger charge is -2.20. The highest BCUT2D eigenvalue weighted by Gasteiger charge is 2.37. The van der Waals surface area contributed by atoms with E-state index in [1.807, 2.05) is 13.0 Å². The van der Waals surface area contributed by atoms with Crippen LogP contribution in [-0.4, -0.2) is 35.6 Å². The molecule has 0 N–H and O–H groups in total. The quantitative estimate of drug-likeness (QED) is 0.845. The first-order valence-electron chi connectivity index (χ1n) is 7.19. The molecule has 0 saturated carbocycles. The van der Waals surface area contributed by atoms with E-state index in [9.17, 15) is 8.42 Å². The Kier molecular flexibility index (Phi) is 3.83. The van der Waals surface area contributed by atoms with Gasteiger partial charge in [-0.1, -0.05) is 12.1 Å². The molecule has 8 heteroatoms. The second-order valence-electron chi connectivity index (χ2n) is 5.49. The third kappa shape index (κ3) is 2.69. The number of hydrogen-bond acceptors (Lipinski definition) is 4. The number of aromatic nitrogens is 2. The van der Waals surface area contributed by atoms with E-state index >= 15 is 0 Å². The molecule has 0 radical (unpaired) electrons. The third-order valence-electron chi connectivity index (χ3n) is 3.98. The summed E-state index contributed by atoms with van der Waals surface area (Å²) in [6, 6.07) is 9.19. The number of aryl methyl sites for hydroxylation is 2. The minimum absolute atomic E-state index is 0.295. The van der Waals surface area contributed by atoms with Crippen LogP contribution in [0.2, 0.25) is 0 Å². The Bertz CT molecular complexity index is 882. The van der Waals surface area contributed by atoms with Crippen molar-refractivity contribution in [2.45, 2.75) is 13.5 Å². The number of hydrogen-bond donors (Lipinski definition) is 0. The first kappa shape index (κ1) is 15.5. The molecule has 0 bridgehead atoms. The van der Waals surface area contributed by atoms with E-state index in [1.54, 1.807) is 36.1 Å². The Morgan fingerprint density at radius 2 is 2.09 bits per heavy atom. The average molecular weight is 331 g/mol. The van der Waals surface area contributed by atoms with Gasteiger partial charge in [-0.15, -0.1) is 0 Å². The summed E-state index contributed by atoms with van der Waals surface area (Å²) in [5.41, 5.74) is 2.33. The zero-order valence-electron chi connectivity index (χ0n) is 13.0. The molecule has 0 unspecified atom stereocenters. The minimum Gasteiger partial charge on any atom is -0.252 e. The fourth-order valence-corrected chi connectivity index (χ4v) is 4.36. The highest BCUT2D eigenvalue weighted by atomic mass is 32.2. The molecule has 1 fully saturated rings. The van der Waals surface area contributed by atoms with Crippen molar-refractivity contribution in [1.29, 1.82) is 5.26 Å². The zero-order chi connectivity index (χ0) is 16.6. The predicted molar refractivity (Wildman–Crippen MR) is 85.8 cm³/mol. The molecule has 1 aromatic heterocycles. The number of anilines is 1. The first-order valence-corrected chi connectivity index (χ1v) is 8.58. The number of nitriles is 1. The second kappa shape index (κ2) is 5.68. The molecule has 120 valence electrons. The lowest BCUT2D eigenvalue weighted by atomic mass is 10.1. The zero-order valence-corrected chi connectivity index (χ0v) is 13.8. The number of rotatable bonds is 3. The molecule has 0 amide bonds. The van der Waals surface area contributed by atoms with Gasteiger partial charge in [0.05, 0.1) is 24.4 Å². The van der Waals surface area contributed by atoms with E-state index in [4.69, 9.17) is 5.26 Å². The van der Waals surface area contributed by atoms with Gasteiger partial charge in [-0.05, 0) is 24.1 Å². The fourth-order valence-electron chi connectivity index (χ4n) is 2.73. The highest BCUT2D eigenvalue weighted by Crippen LogP contribution is 2.26. The maximum Gasteiger partial charge on any atom is 0.305 e. The van der Waals surface area contributed by atoms with Crippen LogP contribution in [0.3, 0.4) is 0 Å². The molecule has 1 saturated heterocycles. The highest BCUT2D eigenvalue weighted by molar-refractivity contribution is 7.90. The van der Waals surface area contributed by atoms with Gasteiger partial charge in [-0.25, -0.2) is 4.31 Å². The van der Waals surface area contributed by atoms with Gasteiger partial charge in [-0.2, -0.15) is 23.1 Å². The van der Waals surface area contributed by atoms with Crippen LogP contribution in [0.15, 0.2) is 30.5 Å². The lowest BCUT2D eigenvalue weighted by Crippen LogP contribution is -2.33. The molecular formula is C15H17N5O2S. The Morgan fingerprint density at radius 3 is 2.70 bits per heavy atom. The standard InChI is InChI=1S/C15H17N5O2S/c1-12-9-13(3-4-14(12)10-16)11-19-7-8-20(23(19,21)22)15-5-6-17-18(15)2/h3-6,9H,7-8,11H2,1-2H3. The van der Waals surface area contributed by atoms with E-state index in [2.05, 4.69) is 11.2 Å². The van der Waals surface area contributed by atoms with Crippen molar-refractivity contribution in [3.8, 4) is 6.07 Å². The maximum absolute atomic E-state index is 12.7. The summed E-state index contributed by atoms with van der Waals surface area (Å²) < 4.78 is 29.8. The summed E-state index contributed by atoms with van der Waals surface area (Å²) in [5, 5.41) is 13.0. The van der Waals surface area contributed by atoms with Gasteiger partial charge in [0, 0.05) is 26.2 Å². The van der Waals surface area contributed by atoms with E-state index in [0.717, 1.165) is 11.1 Å². The lowest BCUT2D eigenvalue weighted by molar-refractivity contribution is 0.446. The molecule has 1 aliphatic rings. The van der Waals surface area contributed by atoms with Crippen molar-refractivity contribution < 1.29 is 8.42 Å². The molecule has 2 aromatic rings. The van der Waals surface area contributed by atoms with Crippen LogP contribution in [0.1, 0.15) is 16.7 Å². The Labute approximate surface area is 135 Å². The van der Waals surface area contributed by atoms with Crippen LogP contribution < -0.4 is 4.31 Å². The summed E-state index contributed by atoms with van der Waals surface area (Å²) in [7, 11) is -1.84. The summed E-state index contributed by atoms with van der Waals surface area (Å²) >= 11 is 0. The Hall–Kier alpha value is -2.37. The van der Waals surface area contributed by atoms with Crippen LogP contribution in [-0.2, 0) is 23.8 Å². The van der Waals surface area contributed by atoms with E-state index in [1.165, 1.54) is 8.61 Å². The van der Waals surface area contributed by atoms with Gasteiger partial charge >= 0.3 is 10.2 Å². The Balaban J connectivity index is 1.84. The summed E-state index contributed by atoms with van der Waals surface area (Å²) in [5.74, 6) is 0.559. The Morgan fingerprint density at radius 1 is 1.30 bits per heavy atom. The molecule has 0 atom stereocenters. The van der Waals surface area contributed by atoms with Crippen LogP contribution in [0, 0.1) is 18.3 Å². The molecule has 1 aromatic carbocycles. The van der Waals surface area contributed by atoms with Crippen molar-refractivity contribution in [3.05, 3.63) is 47.2 Å². The predicted octanol–water partition coefficient (Wildman–Crippen LogP) is 1.17. The SMILES string of the molecule is Cc1cc(CN2CCN(c3ccnn3C)S2(=O)=O)ccc1C#N. The minimum atomic E-state index is -3.56. The molecule has 2 heterocycles. The van der Waals surface area contributed by atoms with E-state index in [0.29, 0.717) is 31.0 Å². The van der Waals surface area contributed by atoms with Crippen molar-refractivity contribution >= 4 is 16.0 Å². The third-order valence-corrected chi connectivity index (χ3v) is 5.87.